The van der Waals surface area contributed by atoms with Gasteiger partial charge < -0.3 is 15.0 Å². The topological polar surface area (TPSA) is 79.3 Å². The van der Waals surface area contributed by atoms with Gasteiger partial charge >= 0.3 is 0 Å². The van der Waals surface area contributed by atoms with E-state index in [2.05, 4.69) is 44.1 Å². The van der Waals surface area contributed by atoms with Crippen molar-refractivity contribution in [1.82, 2.24) is 24.8 Å². The number of pyridine rings is 3. The summed E-state index contributed by atoms with van der Waals surface area (Å²) in [6.45, 7) is 8.55. The molecule has 6 heterocycles. The van der Waals surface area contributed by atoms with Crippen molar-refractivity contribution in [2.24, 2.45) is 0 Å². The third-order valence-electron chi connectivity index (χ3n) is 6.62. The molecule has 2 aliphatic rings. The zero-order valence-electron chi connectivity index (χ0n) is 19.9. The molecule has 6 rings (SSSR count). The van der Waals surface area contributed by atoms with Crippen molar-refractivity contribution in [2.45, 2.75) is 26.3 Å². The van der Waals surface area contributed by atoms with Crippen LogP contribution in [0.4, 0.5) is 17.3 Å². The van der Waals surface area contributed by atoms with E-state index < -0.39 is 0 Å². The van der Waals surface area contributed by atoms with Crippen LogP contribution in [0.1, 0.15) is 24.1 Å². The molecule has 35 heavy (non-hydrogen) atoms. The lowest BCUT2D eigenvalue weighted by molar-refractivity contribution is 0.122. The second-order valence-corrected chi connectivity index (χ2v) is 10.1. The molecule has 4 aromatic heterocycles. The van der Waals surface area contributed by atoms with Crippen molar-refractivity contribution in [3.8, 4) is 10.7 Å². The number of nitrogens with zero attached hydrogens (tertiary/aromatic N) is 6. The summed E-state index contributed by atoms with van der Waals surface area (Å²) in [5, 5.41) is 4.33. The molecule has 0 amide bonds. The number of aryl methyl sites for hydroxylation is 1. The smallest absolute Gasteiger partial charge is 0.143 e. The molecule has 0 saturated carbocycles. The molecule has 0 radical (unpaired) electrons. The summed E-state index contributed by atoms with van der Waals surface area (Å²) in [7, 11) is 0. The Balaban J connectivity index is 1.27. The number of thiazole rings is 1. The highest BCUT2D eigenvalue weighted by Crippen LogP contribution is 2.32. The van der Waals surface area contributed by atoms with Crippen LogP contribution in [-0.2, 0) is 11.3 Å². The summed E-state index contributed by atoms with van der Waals surface area (Å²) in [4.78, 5) is 23.9. The SMILES string of the molecule is Cc1cccnc1-c1nc2cc(Nc3ccc(N4CCOCC4)c(CN4CCCC4)n3)ncc2s1. The number of fused-ring (bicyclic) bond motifs is 1. The van der Waals surface area contributed by atoms with Crippen LogP contribution in [0, 0.1) is 6.92 Å². The molecule has 1 N–H and O–H groups in total. The fourth-order valence-corrected chi connectivity index (χ4v) is 5.75. The monoisotopic (exact) mass is 487 g/mol. The Bertz CT molecular complexity index is 1330. The largest absolute Gasteiger partial charge is 0.378 e. The van der Waals surface area contributed by atoms with Crippen molar-refractivity contribution in [3.05, 3.63) is 54.0 Å². The van der Waals surface area contributed by atoms with Crippen LogP contribution in [0.15, 0.2) is 42.7 Å². The van der Waals surface area contributed by atoms with Crippen LogP contribution in [0.5, 0.6) is 0 Å². The fourth-order valence-electron chi connectivity index (χ4n) is 4.77. The minimum absolute atomic E-state index is 0.742. The number of hydrogen-bond donors (Lipinski definition) is 1. The second-order valence-electron chi connectivity index (χ2n) is 9.10. The molecule has 0 spiro atoms. The van der Waals surface area contributed by atoms with Crippen molar-refractivity contribution < 1.29 is 4.74 Å². The number of aromatic nitrogens is 4. The maximum Gasteiger partial charge on any atom is 0.143 e. The zero-order chi connectivity index (χ0) is 23.6. The van der Waals surface area contributed by atoms with E-state index in [1.165, 1.54) is 18.5 Å². The van der Waals surface area contributed by atoms with Gasteiger partial charge in [0.1, 0.15) is 22.3 Å². The molecule has 4 aromatic rings. The molecule has 0 unspecified atom stereocenters. The van der Waals surface area contributed by atoms with E-state index in [1.54, 1.807) is 11.3 Å². The zero-order valence-corrected chi connectivity index (χ0v) is 20.7. The van der Waals surface area contributed by atoms with Crippen LogP contribution in [0.3, 0.4) is 0 Å². The molecule has 0 aromatic carbocycles. The lowest BCUT2D eigenvalue weighted by atomic mass is 10.2. The third kappa shape index (κ3) is 4.84. The molecule has 2 saturated heterocycles. The molecule has 0 atom stereocenters. The Hall–Kier alpha value is -3.14. The van der Waals surface area contributed by atoms with Gasteiger partial charge in [-0.25, -0.2) is 15.0 Å². The van der Waals surface area contributed by atoms with Crippen molar-refractivity contribution >= 4 is 38.9 Å². The van der Waals surface area contributed by atoms with Crippen LogP contribution in [0.2, 0.25) is 0 Å². The van der Waals surface area contributed by atoms with E-state index in [4.69, 9.17) is 14.7 Å². The standard InChI is InChI=1S/C26H29N7OS/c1-18-5-4-8-27-25(18)26-30-19-15-24(28-16-22(19)35-26)31-23-7-6-21(33-11-13-34-14-12-33)20(29-23)17-32-9-2-3-10-32/h4-8,15-16H,2-3,9-14,17H2,1H3,(H,28,29,31). The molecular weight excluding hydrogens is 458 g/mol. The van der Waals surface area contributed by atoms with Gasteiger partial charge in [0.25, 0.3) is 0 Å². The lowest BCUT2D eigenvalue weighted by Crippen LogP contribution is -2.37. The quantitative estimate of drug-likeness (QED) is 0.422. The Morgan fingerprint density at radius 3 is 2.69 bits per heavy atom. The average molecular weight is 488 g/mol. The van der Waals surface area contributed by atoms with Crippen molar-refractivity contribution in [3.63, 3.8) is 0 Å². The van der Waals surface area contributed by atoms with Gasteiger partial charge in [-0.05, 0) is 56.6 Å². The Labute approximate surface area is 209 Å². The normalized spacial score (nSPS) is 16.8. The number of nitrogens with one attached hydrogen (secondary N) is 1. The Morgan fingerprint density at radius 1 is 1.00 bits per heavy atom. The first-order valence-electron chi connectivity index (χ1n) is 12.2. The summed E-state index contributed by atoms with van der Waals surface area (Å²) in [6.07, 6.45) is 6.22. The van der Waals surface area contributed by atoms with Crippen LogP contribution < -0.4 is 10.2 Å². The Morgan fingerprint density at radius 2 is 1.86 bits per heavy atom. The second kappa shape index (κ2) is 9.85. The van der Waals surface area contributed by atoms with Crippen molar-refractivity contribution in [2.75, 3.05) is 49.6 Å². The maximum absolute atomic E-state index is 5.57. The van der Waals surface area contributed by atoms with Gasteiger partial charge in [0.2, 0.25) is 0 Å². The highest BCUT2D eigenvalue weighted by atomic mass is 32.1. The highest BCUT2D eigenvalue weighted by Gasteiger charge is 2.20. The van der Waals surface area contributed by atoms with E-state index >= 15 is 0 Å². The van der Waals surface area contributed by atoms with Crippen LogP contribution in [-0.4, -0.2) is 64.2 Å². The van der Waals surface area contributed by atoms with E-state index in [-0.39, 0.29) is 0 Å². The molecule has 0 bridgehead atoms. The van der Waals surface area contributed by atoms with E-state index in [0.29, 0.717) is 0 Å². The third-order valence-corrected chi connectivity index (χ3v) is 7.63. The number of ether oxygens (including phenoxy) is 1. The molecule has 0 aliphatic carbocycles. The minimum Gasteiger partial charge on any atom is -0.378 e. The van der Waals surface area contributed by atoms with Gasteiger partial charge in [-0.3, -0.25) is 9.88 Å². The molecular formula is C26H29N7OS. The number of hydrogen-bond acceptors (Lipinski definition) is 9. The number of likely N-dealkylation sites (tertiary alicyclic amines) is 1. The Kier molecular flexibility index (Phi) is 6.28. The maximum atomic E-state index is 5.57. The first-order valence-corrected chi connectivity index (χ1v) is 13.1. The van der Waals surface area contributed by atoms with Gasteiger partial charge in [0.05, 0.1) is 34.8 Å². The van der Waals surface area contributed by atoms with Crippen molar-refractivity contribution in [1.29, 1.82) is 0 Å². The van der Waals surface area contributed by atoms with E-state index in [0.717, 1.165) is 89.7 Å². The summed E-state index contributed by atoms with van der Waals surface area (Å²) in [6, 6.07) is 10.2. The first-order chi connectivity index (χ1) is 17.2. The molecule has 2 fully saturated rings. The first kappa shape index (κ1) is 22.3. The lowest BCUT2D eigenvalue weighted by Gasteiger charge is -2.31. The van der Waals surface area contributed by atoms with Crippen LogP contribution >= 0.6 is 11.3 Å². The minimum atomic E-state index is 0.742. The molecule has 180 valence electrons. The van der Waals surface area contributed by atoms with Gasteiger partial charge in [-0.15, -0.1) is 11.3 Å². The van der Waals surface area contributed by atoms with Crippen LogP contribution in [0.25, 0.3) is 20.9 Å². The predicted molar refractivity (Wildman–Crippen MR) is 140 cm³/mol. The summed E-state index contributed by atoms with van der Waals surface area (Å²) in [5.41, 5.74) is 5.28. The number of rotatable bonds is 6. The summed E-state index contributed by atoms with van der Waals surface area (Å²) in [5.74, 6) is 1.55. The van der Waals surface area contributed by atoms with E-state index in [1.807, 2.05) is 30.6 Å². The van der Waals surface area contributed by atoms with Gasteiger partial charge in [-0.1, -0.05) is 6.07 Å². The average Bonchev–Trinajstić information content (AvgIpc) is 3.55. The predicted octanol–water partition coefficient (Wildman–Crippen LogP) is 4.63. The van der Waals surface area contributed by atoms with Gasteiger partial charge in [0.15, 0.2) is 0 Å². The molecule has 2 aliphatic heterocycles. The highest BCUT2D eigenvalue weighted by molar-refractivity contribution is 7.21. The summed E-state index contributed by atoms with van der Waals surface area (Å²) < 4.78 is 6.61. The van der Waals surface area contributed by atoms with Gasteiger partial charge in [-0.2, -0.15) is 0 Å². The number of morpholine rings is 1. The molecule has 9 heteroatoms. The fraction of sp³-hybridized carbons (Fsp3) is 0.385. The van der Waals surface area contributed by atoms with Gasteiger partial charge in [0, 0.05) is 38.1 Å². The molecule has 8 nitrogen and oxygen atoms in total. The summed E-state index contributed by atoms with van der Waals surface area (Å²) >= 11 is 1.62. The number of anilines is 3. The van der Waals surface area contributed by atoms with E-state index in [9.17, 15) is 0 Å².